The van der Waals surface area contributed by atoms with Crippen LogP contribution in [-0.4, -0.2) is 17.4 Å². The maximum atomic E-state index is 12.9. The van der Waals surface area contributed by atoms with Crippen molar-refractivity contribution in [3.63, 3.8) is 0 Å². The van der Waals surface area contributed by atoms with E-state index in [1.165, 1.54) is 0 Å². The molecule has 2 aromatic rings. The monoisotopic (exact) mass is 367 g/mol. The van der Waals surface area contributed by atoms with Crippen molar-refractivity contribution >= 4 is 5.78 Å². The molecule has 0 aromatic heterocycles. The Morgan fingerprint density at radius 3 is 2.00 bits per heavy atom. The normalized spacial score (nSPS) is 13.3. The third kappa shape index (κ3) is 7.18. The molecule has 0 amide bonds. The highest BCUT2D eigenvalue weighted by Gasteiger charge is 2.31. The van der Waals surface area contributed by atoms with E-state index in [0.717, 1.165) is 16.9 Å². The summed E-state index contributed by atoms with van der Waals surface area (Å²) in [4.78, 5) is 12.9. The minimum atomic E-state index is -0.373. The Morgan fingerprint density at radius 1 is 0.889 bits per heavy atom. The first kappa shape index (κ1) is 21.2. The summed E-state index contributed by atoms with van der Waals surface area (Å²) in [7, 11) is 0. The summed E-state index contributed by atoms with van der Waals surface area (Å²) in [6.07, 6.45) is 0.673. The van der Waals surface area contributed by atoms with Gasteiger partial charge >= 0.3 is 0 Å². The highest BCUT2D eigenvalue weighted by atomic mass is 16.5. The molecule has 0 spiro atoms. The summed E-state index contributed by atoms with van der Waals surface area (Å²) in [5, 5.41) is 3.49. The molecule has 0 fully saturated rings. The third-order valence-electron chi connectivity index (χ3n) is 4.27. The highest BCUT2D eigenvalue weighted by molar-refractivity contribution is 5.89. The van der Waals surface area contributed by atoms with Crippen LogP contribution in [0.15, 0.2) is 54.6 Å². The zero-order valence-electron chi connectivity index (χ0n) is 17.5. The minimum absolute atomic E-state index is 0.121. The molecule has 0 heterocycles. The molecule has 0 aliphatic heterocycles. The van der Waals surface area contributed by atoms with E-state index in [1.807, 2.05) is 63.2 Å². The molecule has 1 N–H and O–H groups in total. The number of rotatable bonds is 7. The lowest BCUT2D eigenvalue weighted by Crippen LogP contribution is -2.51. The molecular formula is C24H33NO2. The predicted octanol–water partition coefficient (Wildman–Crippen LogP) is 5.18. The van der Waals surface area contributed by atoms with Crippen molar-refractivity contribution < 1.29 is 9.53 Å². The Balaban J connectivity index is 2.03. The summed E-state index contributed by atoms with van der Waals surface area (Å²) >= 11 is 0. The average Bonchev–Trinajstić information content (AvgIpc) is 2.59. The second-order valence-corrected chi connectivity index (χ2v) is 9.18. The molecule has 0 unspecified atom stereocenters. The van der Waals surface area contributed by atoms with Crippen LogP contribution < -0.4 is 10.1 Å². The average molecular weight is 368 g/mol. The zero-order valence-corrected chi connectivity index (χ0v) is 17.5. The van der Waals surface area contributed by atoms with E-state index in [1.54, 1.807) is 0 Å². The molecule has 27 heavy (non-hydrogen) atoms. The van der Waals surface area contributed by atoms with Crippen LogP contribution in [0.2, 0.25) is 0 Å². The van der Waals surface area contributed by atoms with E-state index in [2.05, 4.69) is 38.2 Å². The second kappa shape index (κ2) is 8.71. The summed E-state index contributed by atoms with van der Waals surface area (Å²) in [6, 6.07) is 18.0. The largest absolute Gasteiger partial charge is 0.489 e. The van der Waals surface area contributed by atoms with Gasteiger partial charge in [-0.1, -0.05) is 63.2 Å². The first-order valence-electron chi connectivity index (χ1n) is 9.62. The minimum Gasteiger partial charge on any atom is -0.489 e. The number of hydrogen-bond donors (Lipinski definition) is 1. The lowest BCUT2D eigenvalue weighted by Gasteiger charge is -2.32. The molecule has 0 aliphatic carbocycles. The van der Waals surface area contributed by atoms with Gasteiger partial charge in [-0.25, -0.2) is 0 Å². The van der Waals surface area contributed by atoms with Gasteiger partial charge in [0.1, 0.15) is 12.4 Å². The predicted molar refractivity (Wildman–Crippen MR) is 112 cm³/mol. The number of carbonyl (C=O) groups is 1. The van der Waals surface area contributed by atoms with Crippen molar-refractivity contribution in [1.29, 1.82) is 0 Å². The van der Waals surface area contributed by atoms with E-state index >= 15 is 0 Å². The van der Waals surface area contributed by atoms with Gasteiger partial charge in [-0.3, -0.25) is 4.79 Å². The number of hydrogen-bond acceptors (Lipinski definition) is 3. The molecule has 3 heteroatoms. The van der Waals surface area contributed by atoms with Crippen LogP contribution in [0, 0.1) is 5.41 Å². The fourth-order valence-electron chi connectivity index (χ4n) is 2.95. The van der Waals surface area contributed by atoms with Crippen LogP contribution in [0.4, 0.5) is 0 Å². The quantitative estimate of drug-likeness (QED) is 0.733. The Bertz CT molecular complexity index is 722. The van der Waals surface area contributed by atoms with Crippen LogP contribution in [0.3, 0.4) is 0 Å². The fourth-order valence-corrected chi connectivity index (χ4v) is 2.95. The first-order valence-corrected chi connectivity index (χ1v) is 9.62. The Kier molecular flexibility index (Phi) is 6.83. The number of Topliss-reactive ketones (excluding diaryl/α,β-unsaturated/α-hetero) is 1. The molecule has 1 atom stereocenters. The van der Waals surface area contributed by atoms with E-state index in [4.69, 9.17) is 4.74 Å². The van der Waals surface area contributed by atoms with E-state index in [9.17, 15) is 4.79 Å². The lowest BCUT2D eigenvalue weighted by atomic mass is 9.83. The van der Waals surface area contributed by atoms with Gasteiger partial charge in [-0.15, -0.1) is 0 Å². The van der Waals surface area contributed by atoms with Crippen molar-refractivity contribution in [2.24, 2.45) is 5.41 Å². The summed E-state index contributed by atoms with van der Waals surface area (Å²) < 4.78 is 5.85. The number of carbonyl (C=O) groups excluding carboxylic acids is 1. The van der Waals surface area contributed by atoms with Crippen molar-refractivity contribution in [2.45, 2.75) is 66.2 Å². The second-order valence-electron chi connectivity index (χ2n) is 9.18. The number of ether oxygens (including phenoxy) is 1. The first-order chi connectivity index (χ1) is 12.5. The van der Waals surface area contributed by atoms with Gasteiger partial charge in [0.05, 0.1) is 6.04 Å². The van der Waals surface area contributed by atoms with E-state index in [0.29, 0.717) is 13.0 Å². The Morgan fingerprint density at radius 2 is 1.48 bits per heavy atom. The fraction of sp³-hybridized carbons (Fsp3) is 0.458. The van der Waals surface area contributed by atoms with Gasteiger partial charge in [-0.05, 0) is 50.5 Å². The van der Waals surface area contributed by atoms with Crippen LogP contribution in [0.1, 0.15) is 52.7 Å². The van der Waals surface area contributed by atoms with Gasteiger partial charge in [0.15, 0.2) is 5.78 Å². The molecule has 0 saturated heterocycles. The van der Waals surface area contributed by atoms with Crippen LogP contribution in [0.5, 0.6) is 5.75 Å². The van der Waals surface area contributed by atoms with E-state index < -0.39 is 0 Å². The van der Waals surface area contributed by atoms with Gasteiger partial charge in [0.2, 0.25) is 0 Å². The lowest BCUT2D eigenvalue weighted by molar-refractivity contribution is -0.128. The molecule has 0 saturated carbocycles. The zero-order chi connectivity index (χ0) is 20.1. The van der Waals surface area contributed by atoms with Gasteiger partial charge in [0.25, 0.3) is 0 Å². The SMILES string of the molecule is CC(C)(C)N[C@H](Cc1ccc(OCc2ccccc2)cc1)C(=O)C(C)(C)C. The number of nitrogens with one attached hydrogen (secondary N) is 1. The van der Waals surface area contributed by atoms with Crippen LogP contribution >= 0.6 is 0 Å². The number of ketones is 1. The van der Waals surface area contributed by atoms with Crippen LogP contribution in [0.25, 0.3) is 0 Å². The summed E-state index contributed by atoms with van der Waals surface area (Å²) in [5.41, 5.74) is 1.78. The molecule has 0 bridgehead atoms. The summed E-state index contributed by atoms with van der Waals surface area (Å²) in [5.74, 6) is 1.08. The maximum absolute atomic E-state index is 12.9. The molecule has 3 nitrogen and oxygen atoms in total. The molecule has 2 aromatic carbocycles. The van der Waals surface area contributed by atoms with Crippen molar-refractivity contribution in [2.75, 3.05) is 0 Å². The smallest absolute Gasteiger partial charge is 0.155 e. The molecule has 0 aliphatic rings. The van der Waals surface area contributed by atoms with Crippen molar-refractivity contribution in [1.82, 2.24) is 5.32 Å². The van der Waals surface area contributed by atoms with Gasteiger partial charge < -0.3 is 10.1 Å². The Hall–Kier alpha value is -2.13. The van der Waals surface area contributed by atoms with Gasteiger partial charge in [0, 0.05) is 11.0 Å². The molecular weight excluding hydrogens is 334 g/mol. The van der Waals surface area contributed by atoms with Crippen molar-refractivity contribution in [3.8, 4) is 5.75 Å². The van der Waals surface area contributed by atoms with Crippen LogP contribution in [-0.2, 0) is 17.8 Å². The van der Waals surface area contributed by atoms with E-state index in [-0.39, 0.29) is 22.8 Å². The standard InChI is InChI=1S/C24H33NO2/c1-23(2,3)22(26)21(25-24(4,5)6)16-18-12-14-20(15-13-18)27-17-19-10-8-7-9-11-19/h7-15,21,25H,16-17H2,1-6H3/t21-/m1/s1. The topological polar surface area (TPSA) is 38.3 Å². The number of benzene rings is 2. The molecule has 0 radical (unpaired) electrons. The Labute approximate surface area is 164 Å². The third-order valence-corrected chi connectivity index (χ3v) is 4.27. The molecule has 2 rings (SSSR count). The van der Waals surface area contributed by atoms with Gasteiger partial charge in [-0.2, -0.15) is 0 Å². The van der Waals surface area contributed by atoms with Crippen molar-refractivity contribution in [3.05, 3.63) is 65.7 Å². The highest BCUT2D eigenvalue weighted by Crippen LogP contribution is 2.22. The summed E-state index contributed by atoms with van der Waals surface area (Å²) in [6.45, 7) is 12.8. The molecule has 146 valence electrons. The maximum Gasteiger partial charge on any atom is 0.155 e.